The molecule has 0 spiro atoms. The van der Waals surface area contributed by atoms with Gasteiger partial charge in [-0.25, -0.2) is 4.39 Å². The third-order valence-corrected chi connectivity index (χ3v) is 6.69. The van der Waals surface area contributed by atoms with Crippen LogP contribution >= 0.6 is 11.6 Å². The second kappa shape index (κ2) is 7.64. The van der Waals surface area contributed by atoms with Crippen molar-refractivity contribution in [3.05, 3.63) is 59.5 Å². The normalized spacial score (nSPS) is 19.0. The smallest absolute Gasteiger partial charge is 0.165 e. The quantitative estimate of drug-likeness (QED) is 0.523. The summed E-state index contributed by atoms with van der Waals surface area (Å²) in [6.07, 6.45) is 6.21. The van der Waals surface area contributed by atoms with Gasteiger partial charge in [0.25, 0.3) is 0 Å². The van der Waals surface area contributed by atoms with Crippen LogP contribution in [0.25, 0.3) is 22.0 Å². The van der Waals surface area contributed by atoms with Crippen molar-refractivity contribution in [1.29, 1.82) is 0 Å². The number of hydrogen-bond acceptors (Lipinski definition) is 4. The maximum absolute atomic E-state index is 14.8. The highest BCUT2D eigenvalue weighted by atomic mass is 35.5. The van der Waals surface area contributed by atoms with E-state index in [0.29, 0.717) is 16.1 Å². The first kappa shape index (κ1) is 19.5. The van der Waals surface area contributed by atoms with E-state index in [9.17, 15) is 9.18 Å². The molecule has 0 N–H and O–H groups in total. The highest BCUT2D eigenvalue weighted by molar-refractivity contribution is 6.37. The molecular weight excluding hydrogens is 403 g/mol. The summed E-state index contributed by atoms with van der Waals surface area (Å²) in [5, 5.41) is 1.46. The molecule has 1 aliphatic heterocycles. The summed E-state index contributed by atoms with van der Waals surface area (Å²) >= 11 is 6.55. The molecule has 0 atom stereocenters. The zero-order valence-electron chi connectivity index (χ0n) is 16.5. The number of rotatable bonds is 5. The number of hydrogen-bond donors (Lipinski definition) is 0. The van der Waals surface area contributed by atoms with Crippen LogP contribution in [0.2, 0.25) is 5.02 Å². The summed E-state index contributed by atoms with van der Waals surface area (Å²) < 4.78 is 20.8. The Morgan fingerprint density at radius 2 is 1.97 bits per heavy atom. The van der Waals surface area contributed by atoms with Gasteiger partial charge < -0.3 is 9.53 Å². The number of piperidine rings is 1. The van der Waals surface area contributed by atoms with E-state index in [1.807, 2.05) is 30.3 Å². The van der Waals surface area contributed by atoms with Crippen molar-refractivity contribution in [2.24, 2.45) is 0 Å². The third kappa shape index (κ3) is 3.46. The molecule has 2 aromatic carbocycles. The molecule has 0 unspecified atom stereocenters. The van der Waals surface area contributed by atoms with Crippen molar-refractivity contribution in [3.63, 3.8) is 0 Å². The number of aldehydes is 1. The van der Waals surface area contributed by atoms with Gasteiger partial charge in [-0.2, -0.15) is 0 Å². The molecule has 2 aliphatic rings. The second-order valence-corrected chi connectivity index (χ2v) is 8.55. The van der Waals surface area contributed by atoms with Crippen LogP contribution in [-0.4, -0.2) is 40.9 Å². The van der Waals surface area contributed by atoms with Crippen LogP contribution in [0.1, 0.15) is 25.7 Å². The van der Waals surface area contributed by atoms with Crippen LogP contribution in [0, 0.1) is 5.82 Å². The fourth-order valence-corrected chi connectivity index (χ4v) is 4.66. The summed E-state index contributed by atoms with van der Waals surface area (Å²) in [6.45, 7) is 1.62. The van der Waals surface area contributed by atoms with E-state index in [1.54, 1.807) is 12.3 Å². The molecule has 1 saturated heterocycles. The fourth-order valence-electron chi connectivity index (χ4n) is 4.33. The number of likely N-dealkylation sites (tertiary alicyclic amines) is 1. The van der Waals surface area contributed by atoms with E-state index < -0.39 is 5.82 Å². The number of nitrogens with zero attached hydrogens (tertiary/aromatic N) is 2. The van der Waals surface area contributed by atoms with Crippen molar-refractivity contribution < 1.29 is 13.9 Å². The molecular formula is C24H22ClFN2O2. The number of aromatic nitrogens is 1. The number of fused-ring (bicyclic) bond motifs is 1. The Morgan fingerprint density at radius 1 is 1.17 bits per heavy atom. The number of benzene rings is 2. The molecule has 2 fully saturated rings. The van der Waals surface area contributed by atoms with Crippen molar-refractivity contribution in [2.75, 3.05) is 13.1 Å². The Morgan fingerprint density at radius 3 is 2.67 bits per heavy atom. The summed E-state index contributed by atoms with van der Waals surface area (Å²) in [5.41, 5.74) is 1.90. The fraction of sp³-hybridized carbons (Fsp3) is 0.333. The Labute approximate surface area is 179 Å². The van der Waals surface area contributed by atoms with Crippen molar-refractivity contribution in [2.45, 2.75) is 37.3 Å². The van der Waals surface area contributed by atoms with Crippen LogP contribution in [0.4, 0.5) is 4.39 Å². The minimum absolute atomic E-state index is 0.0440. The lowest BCUT2D eigenvalue weighted by Gasteiger charge is -2.35. The summed E-state index contributed by atoms with van der Waals surface area (Å²) in [4.78, 5) is 17.9. The molecule has 1 aliphatic carbocycles. The van der Waals surface area contributed by atoms with Gasteiger partial charge in [-0.1, -0.05) is 35.9 Å². The van der Waals surface area contributed by atoms with Crippen LogP contribution in [0.15, 0.2) is 48.7 Å². The van der Waals surface area contributed by atoms with Gasteiger partial charge in [0.05, 0.1) is 16.1 Å². The third-order valence-electron chi connectivity index (χ3n) is 6.30. The predicted molar refractivity (Wildman–Crippen MR) is 115 cm³/mol. The number of carbonyl (C=O) groups excluding carboxylic acids is 1. The molecule has 0 amide bonds. The molecule has 2 heterocycles. The highest BCUT2D eigenvalue weighted by Gasteiger charge is 2.48. The minimum Gasteiger partial charge on any atom is -0.487 e. The van der Waals surface area contributed by atoms with Gasteiger partial charge >= 0.3 is 0 Å². The molecule has 1 aromatic heterocycles. The zero-order chi connectivity index (χ0) is 20.7. The van der Waals surface area contributed by atoms with E-state index in [-0.39, 0.29) is 17.4 Å². The molecule has 1 saturated carbocycles. The van der Waals surface area contributed by atoms with Crippen LogP contribution in [0.3, 0.4) is 0 Å². The van der Waals surface area contributed by atoms with Gasteiger partial charge in [-0.3, -0.25) is 9.88 Å². The number of carbonyl (C=O) groups is 1. The van der Waals surface area contributed by atoms with Crippen LogP contribution in [0.5, 0.6) is 5.75 Å². The Hall–Kier alpha value is -2.50. The lowest BCUT2D eigenvalue weighted by Crippen LogP contribution is -2.46. The molecule has 30 heavy (non-hydrogen) atoms. The van der Waals surface area contributed by atoms with E-state index in [2.05, 4.69) is 9.88 Å². The summed E-state index contributed by atoms with van der Waals surface area (Å²) in [7, 11) is 0. The average Bonchev–Trinajstić information content (AvgIpc) is 3.58. The second-order valence-electron chi connectivity index (χ2n) is 8.17. The lowest BCUT2D eigenvalue weighted by atomic mass is 10.0. The first-order valence-corrected chi connectivity index (χ1v) is 10.7. The molecule has 4 nitrogen and oxygen atoms in total. The summed E-state index contributed by atoms with van der Waals surface area (Å²) in [6, 6.07) is 12.6. The van der Waals surface area contributed by atoms with Crippen LogP contribution in [-0.2, 0) is 4.79 Å². The van der Waals surface area contributed by atoms with Crippen molar-refractivity contribution in [1.82, 2.24) is 9.88 Å². The van der Waals surface area contributed by atoms with E-state index in [4.69, 9.17) is 16.3 Å². The summed E-state index contributed by atoms with van der Waals surface area (Å²) in [5.74, 6) is -0.151. The van der Waals surface area contributed by atoms with Crippen LogP contribution < -0.4 is 4.74 Å². The zero-order valence-corrected chi connectivity index (χ0v) is 17.2. The van der Waals surface area contributed by atoms with Gasteiger partial charge in [0, 0.05) is 30.2 Å². The lowest BCUT2D eigenvalue weighted by molar-refractivity contribution is -0.114. The highest BCUT2D eigenvalue weighted by Crippen LogP contribution is 2.41. The molecule has 0 bridgehead atoms. The largest absolute Gasteiger partial charge is 0.487 e. The first-order chi connectivity index (χ1) is 14.6. The van der Waals surface area contributed by atoms with Gasteiger partial charge in [0.2, 0.25) is 0 Å². The Bertz CT molecular complexity index is 1110. The molecule has 3 aromatic rings. The Kier molecular flexibility index (Phi) is 4.95. The molecule has 6 heteroatoms. The first-order valence-electron chi connectivity index (χ1n) is 10.3. The Balaban J connectivity index is 1.31. The average molecular weight is 425 g/mol. The number of halogens is 2. The molecule has 154 valence electrons. The minimum atomic E-state index is -0.404. The van der Waals surface area contributed by atoms with Crippen molar-refractivity contribution in [3.8, 4) is 16.9 Å². The van der Waals surface area contributed by atoms with E-state index in [0.717, 1.165) is 56.0 Å². The topological polar surface area (TPSA) is 42.4 Å². The van der Waals surface area contributed by atoms with Gasteiger partial charge in [0.15, 0.2) is 11.6 Å². The monoisotopic (exact) mass is 424 g/mol. The van der Waals surface area contributed by atoms with Gasteiger partial charge in [-0.05, 0) is 49.4 Å². The predicted octanol–water partition coefficient (Wildman–Crippen LogP) is 5.27. The van der Waals surface area contributed by atoms with Crippen molar-refractivity contribution >= 4 is 28.8 Å². The van der Waals surface area contributed by atoms with E-state index in [1.165, 1.54) is 6.07 Å². The number of pyridine rings is 1. The van der Waals surface area contributed by atoms with E-state index >= 15 is 0 Å². The maximum Gasteiger partial charge on any atom is 0.165 e. The molecule has 5 rings (SSSR count). The standard InChI is InChI=1S/C24H22ClFN2O2/c25-22-19(5-3-16-2-1-11-27-23(16)22)17-4-6-21(20(26)14-17)30-18-7-12-28(13-8-18)24(15-29)9-10-24/h1-6,11,14-15,18H,7-10,12-13H2. The maximum atomic E-state index is 14.8. The SMILES string of the molecule is O=CC1(N2CCC(Oc3ccc(-c4ccc5cccnc5c4Cl)cc3F)CC2)CC1. The number of ether oxygens (including phenoxy) is 1. The molecule has 0 radical (unpaired) electrons. The van der Waals surface area contributed by atoms with Gasteiger partial charge in [0.1, 0.15) is 12.4 Å². The van der Waals surface area contributed by atoms with Gasteiger partial charge in [-0.15, -0.1) is 0 Å².